The van der Waals surface area contributed by atoms with Gasteiger partial charge in [-0.05, 0) is 93.6 Å². The van der Waals surface area contributed by atoms with Gasteiger partial charge in [0.15, 0.2) is 0 Å². The molecule has 3 saturated carbocycles. The molecule has 1 N–H and O–H groups in total. The number of hydrogen-bond acceptors (Lipinski definition) is 5. The topological polar surface area (TPSA) is 84.6 Å². The van der Waals surface area contributed by atoms with Gasteiger partial charge in [-0.1, -0.05) is 18.0 Å². The molecule has 3 aliphatic carbocycles. The maximum absolute atomic E-state index is 13.9. The van der Waals surface area contributed by atoms with Gasteiger partial charge in [-0.3, -0.25) is 14.3 Å². The first-order valence-electron chi connectivity index (χ1n) is 14.5. The van der Waals surface area contributed by atoms with Crippen molar-refractivity contribution in [3.63, 3.8) is 0 Å². The zero-order valence-corrected chi connectivity index (χ0v) is 23.2. The first kappa shape index (κ1) is 23.9. The lowest BCUT2D eigenvalue weighted by Gasteiger charge is -2.48. The van der Waals surface area contributed by atoms with Crippen molar-refractivity contribution in [2.24, 2.45) is 12.5 Å². The van der Waals surface area contributed by atoms with Crippen LogP contribution in [0, 0.1) is 5.41 Å². The van der Waals surface area contributed by atoms with Gasteiger partial charge in [0, 0.05) is 42.5 Å². The molecule has 9 heteroatoms. The maximum Gasteiger partial charge on any atom is 0.280 e. The van der Waals surface area contributed by atoms with Crippen molar-refractivity contribution in [3.05, 3.63) is 68.9 Å². The number of nitrogens with one attached hydrogen (secondary N) is 1. The van der Waals surface area contributed by atoms with Crippen LogP contribution in [-0.2, 0) is 19.0 Å². The van der Waals surface area contributed by atoms with Crippen LogP contribution in [0.4, 0.5) is 0 Å². The number of aryl methyl sites for hydroxylation is 1. The average Bonchev–Trinajstić information content (AvgIpc) is 3.84. The fourth-order valence-electron chi connectivity index (χ4n) is 7.33. The third-order valence-corrected chi connectivity index (χ3v) is 10.0. The summed E-state index contributed by atoms with van der Waals surface area (Å²) in [5, 5.41) is 10.2. The Bertz CT molecular complexity index is 1640. The molecule has 0 radical (unpaired) electrons. The number of likely N-dealkylation sites (tertiary alicyclic amines) is 1. The second-order valence-corrected chi connectivity index (χ2v) is 13.1. The number of nitrogens with zero attached hydrogens (tertiary/aromatic N) is 6. The largest absolute Gasteiger partial charge is 0.353 e. The summed E-state index contributed by atoms with van der Waals surface area (Å²) in [5.74, 6) is 2.10. The monoisotopic (exact) mass is 543 g/mol. The maximum atomic E-state index is 13.9. The zero-order valence-electron chi connectivity index (χ0n) is 22.4. The van der Waals surface area contributed by atoms with E-state index in [-0.39, 0.29) is 11.0 Å². The molecular weight excluding hydrogens is 510 g/mol. The van der Waals surface area contributed by atoms with E-state index in [2.05, 4.69) is 36.8 Å². The number of H-pyrrole nitrogens is 1. The molecule has 0 aromatic carbocycles. The molecule has 0 unspecified atom stereocenters. The molecule has 1 aliphatic heterocycles. The highest BCUT2D eigenvalue weighted by Gasteiger charge is 2.63. The Kier molecular flexibility index (Phi) is 5.21. The van der Waals surface area contributed by atoms with Gasteiger partial charge in [0.1, 0.15) is 23.5 Å². The summed E-state index contributed by atoms with van der Waals surface area (Å²) in [6, 6.07) is 6.43. The summed E-state index contributed by atoms with van der Waals surface area (Å²) in [6.07, 6.45) is 14.3. The van der Waals surface area contributed by atoms with Crippen LogP contribution in [-0.4, -0.2) is 47.3 Å². The minimum absolute atomic E-state index is 0.106. The third kappa shape index (κ3) is 3.90. The van der Waals surface area contributed by atoms with E-state index >= 15 is 0 Å². The molecule has 39 heavy (non-hydrogen) atoms. The van der Waals surface area contributed by atoms with Crippen LogP contribution >= 0.6 is 11.6 Å². The summed E-state index contributed by atoms with van der Waals surface area (Å²) < 4.78 is 3.71. The Morgan fingerprint density at radius 1 is 1.10 bits per heavy atom. The number of fused-ring (bicyclic) bond motifs is 1. The van der Waals surface area contributed by atoms with E-state index in [1.165, 1.54) is 37.7 Å². The van der Waals surface area contributed by atoms with Gasteiger partial charge in [0.05, 0.1) is 10.4 Å². The minimum atomic E-state index is -0.200. The van der Waals surface area contributed by atoms with Gasteiger partial charge in [-0.2, -0.15) is 0 Å². The highest BCUT2D eigenvalue weighted by molar-refractivity contribution is 6.35. The Labute approximate surface area is 232 Å². The molecule has 8 rings (SSSR count). The number of aromatic nitrogens is 6. The number of aromatic amines is 1. The van der Waals surface area contributed by atoms with Crippen LogP contribution < -0.4 is 5.56 Å². The van der Waals surface area contributed by atoms with Crippen molar-refractivity contribution in [2.45, 2.75) is 75.7 Å². The van der Waals surface area contributed by atoms with Crippen molar-refractivity contribution < 1.29 is 0 Å². The summed E-state index contributed by atoms with van der Waals surface area (Å²) in [7, 11) is 2.03. The quantitative estimate of drug-likeness (QED) is 0.360. The Morgan fingerprint density at radius 3 is 2.59 bits per heavy atom. The van der Waals surface area contributed by atoms with Crippen LogP contribution in [0.2, 0.25) is 5.02 Å². The van der Waals surface area contributed by atoms with Gasteiger partial charge >= 0.3 is 0 Å². The number of halogens is 1. The molecule has 0 atom stereocenters. The Hall–Kier alpha value is -2.97. The van der Waals surface area contributed by atoms with E-state index in [9.17, 15) is 4.79 Å². The molecule has 5 heterocycles. The minimum Gasteiger partial charge on any atom is -0.353 e. The predicted molar refractivity (Wildman–Crippen MR) is 150 cm³/mol. The highest BCUT2D eigenvalue weighted by atomic mass is 35.5. The van der Waals surface area contributed by atoms with Gasteiger partial charge in [-0.15, -0.1) is 10.2 Å². The molecule has 4 aromatic rings. The van der Waals surface area contributed by atoms with Crippen molar-refractivity contribution >= 4 is 22.5 Å². The molecule has 202 valence electrons. The van der Waals surface area contributed by atoms with E-state index in [0.29, 0.717) is 27.7 Å². The molecule has 4 aromatic heterocycles. The van der Waals surface area contributed by atoms with Crippen molar-refractivity contribution in [2.75, 3.05) is 13.1 Å². The number of piperidine rings is 1. The Balaban J connectivity index is 1.24. The van der Waals surface area contributed by atoms with E-state index in [1.807, 2.05) is 13.1 Å². The second-order valence-electron chi connectivity index (χ2n) is 12.7. The molecule has 0 bridgehead atoms. The second kappa shape index (κ2) is 8.51. The average molecular weight is 544 g/mol. The van der Waals surface area contributed by atoms with Crippen LogP contribution in [0.15, 0.2) is 35.5 Å². The van der Waals surface area contributed by atoms with Gasteiger partial charge in [0.25, 0.3) is 5.56 Å². The van der Waals surface area contributed by atoms with E-state index < -0.39 is 0 Å². The Morgan fingerprint density at radius 2 is 1.90 bits per heavy atom. The molecule has 4 fully saturated rings. The summed E-state index contributed by atoms with van der Waals surface area (Å²) in [5.41, 5.74) is 4.00. The zero-order chi connectivity index (χ0) is 26.4. The highest BCUT2D eigenvalue weighted by Crippen LogP contribution is 2.70. The molecule has 4 aliphatic rings. The molecule has 1 saturated heterocycles. The van der Waals surface area contributed by atoms with Crippen LogP contribution in [0.1, 0.15) is 86.5 Å². The van der Waals surface area contributed by atoms with E-state index in [0.717, 1.165) is 67.9 Å². The predicted octanol–water partition coefficient (Wildman–Crippen LogP) is 5.22. The van der Waals surface area contributed by atoms with Gasteiger partial charge in [-0.25, -0.2) is 4.98 Å². The third-order valence-electron chi connectivity index (χ3n) is 9.73. The van der Waals surface area contributed by atoms with Crippen LogP contribution in [0.5, 0.6) is 0 Å². The van der Waals surface area contributed by atoms with E-state index in [4.69, 9.17) is 16.6 Å². The van der Waals surface area contributed by atoms with E-state index in [1.54, 1.807) is 17.1 Å². The lowest BCUT2D eigenvalue weighted by atomic mass is 9.56. The SMILES string of the molecule is Cn1cnnc1C1(c2cc(C3CC3)nc(-n3cc(Cl)c4cc(CN5CCCCC5)[nH]c4c3=O)c2)CC2(CC2)C1. The van der Waals surface area contributed by atoms with Gasteiger partial charge < -0.3 is 9.55 Å². The lowest BCUT2D eigenvalue weighted by molar-refractivity contribution is 0.145. The van der Waals surface area contributed by atoms with Crippen LogP contribution in [0.25, 0.3) is 16.7 Å². The van der Waals surface area contributed by atoms with Crippen molar-refractivity contribution in [3.8, 4) is 5.82 Å². The standard InChI is InChI=1S/C30H34ClN7O/c1-36-18-32-35-28(36)30(16-29(17-30)7-8-29)20-11-24(19-5-6-19)34-25(12-20)38-15-23(31)22-13-21(33-26(22)27(38)39)14-37-9-3-2-4-10-37/h11-13,15,18-19,33H,2-10,14,16-17H2,1H3. The molecule has 8 nitrogen and oxygen atoms in total. The fraction of sp³-hybridized carbons (Fsp3) is 0.533. The van der Waals surface area contributed by atoms with Crippen LogP contribution in [0.3, 0.4) is 0 Å². The summed E-state index contributed by atoms with van der Waals surface area (Å²) >= 11 is 6.83. The summed E-state index contributed by atoms with van der Waals surface area (Å²) in [4.78, 5) is 24.8. The molecule has 0 amide bonds. The first-order valence-corrected chi connectivity index (χ1v) is 14.8. The fourth-order valence-corrected chi connectivity index (χ4v) is 7.58. The smallest absolute Gasteiger partial charge is 0.280 e. The number of pyridine rings is 2. The van der Waals surface area contributed by atoms with Crippen molar-refractivity contribution in [1.82, 2.24) is 34.2 Å². The molecular formula is C30H34ClN7O. The summed E-state index contributed by atoms with van der Waals surface area (Å²) in [6.45, 7) is 3.01. The number of hydrogen-bond donors (Lipinski definition) is 1. The normalized spacial score (nSPS) is 21.9. The first-order chi connectivity index (χ1) is 18.9. The number of rotatable bonds is 6. The van der Waals surface area contributed by atoms with Gasteiger partial charge in [0.2, 0.25) is 0 Å². The lowest BCUT2D eigenvalue weighted by Crippen LogP contribution is -2.45. The van der Waals surface area contributed by atoms with Crippen molar-refractivity contribution in [1.29, 1.82) is 0 Å². The molecule has 1 spiro atoms.